The Morgan fingerprint density at radius 3 is 2.29 bits per heavy atom. The topological polar surface area (TPSA) is 95.9 Å². The zero-order chi connectivity index (χ0) is 24.0. The Labute approximate surface area is 201 Å². The number of aliphatic hydroxyl groups is 1. The molecular formula is C26H32N2O5S. The van der Waals surface area contributed by atoms with E-state index >= 15 is 0 Å². The number of ether oxygens (including phenoxy) is 1. The first-order valence-electron chi connectivity index (χ1n) is 11.8. The van der Waals surface area contributed by atoms with Crippen LogP contribution < -0.4 is 4.72 Å². The fourth-order valence-electron chi connectivity index (χ4n) is 4.59. The van der Waals surface area contributed by atoms with E-state index in [4.69, 9.17) is 4.74 Å². The Balaban J connectivity index is 1.29. The second-order valence-electron chi connectivity index (χ2n) is 8.96. The number of likely N-dealkylation sites (tertiary alicyclic amines) is 1. The number of hydrogen-bond donors (Lipinski definition) is 2. The average Bonchev–Trinajstić information content (AvgIpc) is 2.86. The number of aliphatic hydroxyl groups excluding tert-OH is 1. The van der Waals surface area contributed by atoms with E-state index in [1.54, 1.807) is 30.4 Å². The van der Waals surface area contributed by atoms with E-state index < -0.39 is 28.3 Å². The minimum absolute atomic E-state index is 0.0211. The highest BCUT2D eigenvalue weighted by molar-refractivity contribution is 7.89. The lowest BCUT2D eigenvalue weighted by molar-refractivity contribution is -0.136. The summed E-state index contributed by atoms with van der Waals surface area (Å²) in [7, 11) is -3.76. The maximum absolute atomic E-state index is 12.9. The third kappa shape index (κ3) is 6.33. The summed E-state index contributed by atoms with van der Waals surface area (Å²) in [6.45, 7) is 1.10. The standard InChI is InChI=1S/C26H32N2O5S/c29-19-25-24(27-34(31,32)23-9-5-2-6-10-23)12-11-22(33-25)18-26(30)28-15-13-21(14-16-28)17-20-7-3-1-4-8-20/h1-12,21-22,24-25,27,29H,13-19H2/t22-,24-,25-/m1/s1. The number of sulfonamides is 1. The quantitative estimate of drug-likeness (QED) is 0.562. The van der Waals surface area contributed by atoms with Gasteiger partial charge in [0.1, 0.15) is 6.10 Å². The highest BCUT2D eigenvalue weighted by atomic mass is 32.2. The minimum atomic E-state index is -3.76. The zero-order valence-electron chi connectivity index (χ0n) is 19.1. The van der Waals surface area contributed by atoms with Crippen molar-refractivity contribution in [1.29, 1.82) is 0 Å². The molecule has 0 aromatic heterocycles. The molecule has 2 heterocycles. The maximum atomic E-state index is 12.9. The molecule has 3 atom stereocenters. The van der Waals surface area contributed by atoms with Crippen LogP contribution in [-0.4, -0.2) is 62.3 Å². The fraction of sp³-hybridized carbons (Fsp3) is 0.423. The number of hydrogen-bond acceptors (Lipinski definition) is 5. The van der Waals surface area contributed by atoms with E-state index in [1.807, 2.05) is 11.0 Å². The monoisotopic (exact) mass is 484 g/mol. The SMILES string of the molecule is O=C(C[C@H]1C=C[C@@H](NS(=O)(=O)c2ccccc2)[C@@H](CO)O1)N1CCC(Cc2ccccc2)CC1. The molecule has 1 fully saturated rings. The number of nitrogens with zero attached hydrogens (tertiary/aromatic N) is 1. The van der Waals surface area contributed by atoms with Gasteiger partial charge in [-0.15, -0.1) is 0 Å². The molecule has 2 aliphatic rings. The van der Waals surface area contributed by atoms with Crippen LogP contribution in [0.25, 0.3) is 0 Å². The molecular weight excluding hydrogens is 452 g/mol. The molecule has 0 unspecified atom stereocenters. The van der Waals surface area contributed by atoms with E-state index in [9.17, 15) is 18.3 Å². The van der Waals surface area contributed by atoms with Gasteiger partial charge in [0, 0.05) is 13.1 Å². The van der Waals surface area contributed by atoms with Crippen LogP contribution in [0.2, 0.25) is 0 Å². The van der Waals surface area contributed by atoms with Crippen LogP contribution in [-0.2, 0) is 26.0 Å². The summed E-state index contributed by atoms with van der Waals surface area (Å²) in [4.78, 5) is 14.9. The number of nitrogens with one attached hydrogen (secondary N) is 1. The molecule has 34 heavy (non-hydrogen) atoms. The molecule has 1 amide bonds. The smallest absolute Gasteiger partial charge is 0.241 e. The van der Waals surface area contributed by atoms with Crippen molar-refractivity contribution >= 4 is 15.9 Å². The molecule has 7 nitrogen and oxygen atoms in total. The first-order valence-corrected chi connectivity index (χ1v) is 13.3. The average molecular weight is 485 g/mol. The molecule has 1 saturated heterocycles. The van der Waals surface area contributed by atoms with Crippen molar-refractivity contribution in [3.63, 3.8) is 0 Å². The van der Waals surface area contributed by atoms with Gasteiger partial charge >= 0.3 is 0 Å². The number of carbonyl (C=O) groups is 1. The van der Waals surface area contributed by atoms with Crippen LogP contribution in [0.5, 0.6) is 0 Å². The minimum Gasteiger partial charge on any atom is -0.394 e. The molecule has 0 spiro atoms. The summed E-state index contributed by atoms with van der Waals surface area (Å²) in [5, 5.41) is 9.79. The normalized spacial score (nSPS) is 23.7. The molecule has 2 aromatic carbocycles. The van der Waals surface area contributed by atoms with Crippen molar-refractivity contribution in [3.8, 4) is 0 Å². The molecule has 4 rings (SSSR count). The molecule has 0 saturated carbocycles. The Kier molecular flexibility index (Phi) is 8.15. The summed E-state index contributed by atoms with van der Waals surface area (Å²) in [5.41, 5.74) is 1.33. The Bertz CT molecular complexity index is 1070. The van der Waals surface area contributed by atoms with E-state index in [2.05, 4.69) is 29.0 Å². The number of benzene rings is 2. The van der Waals surface area contributed by atoms with Gasteiger partial charge in [0.2, 0.25) is 15.9 Å². The third-order valence-electron chi connectivity index (χ3n) is 6.52. The summed E-state index contributed by atoms with van der Waals surface area (Å²) >= 11 is 0. The van der Waals surface area contributed by atoms with Crippen molar-refractivity contribution in [3.05, 3.63) is 78.4 Å². The zero-order valence-corrected chi connectivity index (χ0v) is 19.9. The lowest BCUT2D eigenvalue weighted by Crippen LogP contribution is -2.49. The Morgan fingerprint density at radius 2 is 1.65 bits per heavy atom. The molecule has 0 aliphatic carbocycles. The van der Waals surface area contributed by atoms with Gasteiger partial charge in [-0.05, 0) is 42.9 Å². The molecule has 0 radical (unpaired) electrons. The number of rotatable bonds is 8. The van der Waals surface area contributed by atoms with Crippen molar-refractivity contribution in [2.24, 2.45) is 5.92 Å². The van der Waals surface area contributed by atoms with Crippen molar-refractivity contribution in [2.75, 3.05) is 19.7 Å². The molecule has 8 heteroatoms. The maximum Gasteiger partial charge on any atom is 0.241 e. The largest absolute Gasteiger partial charge is 0.394 e. The van der Waals surface area contributed by atoms with Gasteiger partial charge in [0.05, 0.1) is 30.1 Å². The van der Waals surface area contributed by atoms with Crippen LogP contribution in [0.15, 0.2) is 77.7 Å². The lowest BCUT2D eigenvalue weighted by Gasteiger charge is -2.35. The van der Waals surface area contributed by atoms with E-state index in [0.29, 0.717) is 5.92 Å². The van der Waals surface area contributed by atoms with Crippen molar-refractivity contribution in [1.82, 2.24) is 9.62 Å². The second-order valence-corrected chi connectivity index (χ2v) is 10.7. The first kappa shape index (κ1) is 24.6. The van der Waals surface area contributed by atoms with E-state index in [1.165, 1.54) is 17.7 Å². The van der Waals surface area contributed by atoms with Gasteiger partial charge in [0.15, 0.2) is 0 Å². The number of amides is 1. The summed E-state index contributed by atoms with van der Waals surface area (Å²) in [6.07, 6.45) is 5.29. The van der Waals surface area contributed by atoms with Gasteiger partial charge < -0.3 is 14.7 Å². The summed E-state index contributed by atoms with van der Waals surface area (Å²) in [6, 6.07) is 17.8. The highest BCUT2D eigenvalue weighted by Gasteiger charge is 2.32. The lowest BCUT2D eigenvalue weighted by atomic mass is 9.90. The highest BCUT2D eigenvalue weighted by Crippen LogP contribution is 2.24. The van der Waals surface area contributed by atoms with Gasteiger partial charge in [0.25, 0.3) is 0 Å². The van der Waals surface area contributed by atoms with E-state index in [0.717, 1.165) is 32.4 Å². The van der Waals surface area contributed by atoms with Crippen LogP contribution in [0.4, 0.5) is 0 Å². The third-order valence-corrected chi connectivity index (χ3v) is 7.99. The number of piperidine rings is 1. The number of carbonyl (C=O) groups excluding carboxylic acids is 1. The van der Waals surface area contributed by atoms with Gasteiger partial charge in [-0.1, -0.05) is 60.7 Å². The molecule has 0 bridgehead atoms. The van der Waals surface area contributed by atoms with Gasteiger partial charge in [-0.3, -0.25) is 4.79 Å². The molecule has 2 N–H and O–H groups in total. The molecule has 182 valence electrons. The van der Waals surface area contributed by atoms with Gasteiger partial charge in [-0.25, -0.2) is 13.1 Å². The Morgan fingerprint density at radius 1 is 1.00 bits per heavy atom. The van der Waals surface area contributed by atoms with Crippen LogP contribution in [0, 0.1) is 5.92 Å². The summed E-state index contributed by atoms with van der Waals surface area (Å²) < 4.78 is 33.7. The molecule has 2 aromatic rings. The fourth-order valence-corrected chi connectivity index (χ4v) is 5.83. The van der Waals surface area contributed by atoms with Crippen molar-refractivity contribution < 1.29 is 23.1 Å². The first-order chi connectivity index (χ1) is 16.4. The molecule has 2 aliphatic heterocycles. The van der Waals surface area contributed by atoms with Gasteiger partial charge in [-0.2, -0.15) is 0 Å². The van der Waals surface area contributed by atoms with Crippen LogP contribution >= 0.6 is 0 Å². The summed E-state index contributed by atoms with van der Waals surface area (Å²) in [5.74, 6) is 0.599. The predicted molar refractivity (Wildman–Crippen MR) is 130 cm³/mol. The predicted octanol–water partition coefficient (Wildman–Crippen LogP) is 2.52. The Hall–Kier alpha value is -2.52. The van der Waals surface area contributed by atoms with Crippen LogP contribution in [0.1, 0.15) is 24.8 Å². The van der Waals surface area contributed by atoms with Crippen LogP contribution in [0.3, 0.4) is 0 Å². The second kappa shape index (κ2) is 11.3. The van der Waals surface area contributed by atoms with Crippen molar-refractivity contribution in [2.45, 2.75) is 48.8 Å². The van der Waals surface area contributed by atoms with E-state index in [-0.39, 0.29) is 23.8 Å².